The van der Waals surface area contributed by atoms with Gasteiger partial charge in [-0.25, -0.2) is 0 Å². The van der Waals surface area contributed by atoms with Crippen LogP contribution >= 0.6 is 0 Å². The number of rotatable bonds is 7. The van der Waals surface area contributed by atoms with Crippen LogP contribution in [-0.4, -0.2) is 40.4 Å². The Hall–Kier alpha value is -2.34. The molecule has 0 aliphatic rings. The number of likely N-dealkylation sites (N-methyl/N-ethyl adjacent to an activating group) is 1. The standard InChI is InChI=1S/C18H26N4O2/c1-4-21(5-2)18(24)12-22-9-8-14-11-15(6-7-16(14)22)20-17(23)10-13(3)19/h6-9,11,13H,4-5,10,12,19H2,1-3H3,(H,20,23). The van der Waals surface area contributed by atoms with Gasteiger partial charge in [0.1, 0.15) is 6.54 Å². The van der Waals surface area contributed by atoms with Crippen LogP contribution < -0.4 is 11.1 Å². The summed E-state index contributed by atoms with van der Waals surface area (Å²) in [6, 6.07) is 7.46. The molecule has 6 nitrogen and oxygen atoms in total. The van der Waals surface area contributed by atoms with Crippen LogP contribution in [0.25, 0.3) is 10.9 Å². The third-order valence-corrected chi connectivity index (χ3v) is 3.98. The van der Waals surface area contributed by atoms with E-state index in [9.17, 15) is 9.59 Å². The molecule has 2 amide bonds. The maximum atomic E-state index is 12.3. The molecule has 1 heterocycles. The number of benzene rings is 1. The predicted octanol–water partition coefficient (Wildman–Crippen LogP) is 2.19. The van der Waals surface area contributed by atoms with Gasteiger partial charge in [0.15, 0.2) is 0 Å². The van der Waals surface area contributed by atoms with Crippen molar-refractivity contribution in [3.05, 3.63) is 30.5 Å². The number of nitrogens with zero attached hydrogens (tertiary/aromatic N) is 2. The molecule has 0 spiro atoms. The lowest BCUT2D eigenvalue weighted by Gasteiger charge is -2.19. The number of fused-ring (bicyclic) bond motifs is 1. The Bertz CT molecular complexity index is 717. The van der Waals surface area contributed by atoms with Crippen molar-refractivity contribution in [1.82, 2.24) is 9.47 Å². The van der Waals surface area contributed by atoms with Gasteiger partial charge in [0.2, 0.25) is 11.8 Å². The van der Waals surface area contributed by atoms with Crippen LogP contribution in [0.15, 0.2) is 30.5 Å². The van der Waals surface area contributed by atoms with Crippen LogP contribution in [0.2, 0.25) is 0 Å². The molecular weight excluding hydrogens is 304 g/mol. The van der Waals surface area contributed by atoms with Crippen molar-refractivity contribution >= 4 is 28.4 Å². The molecule has 1 aromatic heterocycles. The number of amides is 2. The number of nitrogens with two attached hydrogens (primary N) is 1. The summed E-state index contributed by atoms with van der Waals surface area (Å²) >= 11 is 0. The van der Waals surface area contributed by atoms with Gasteiger partial charge >= 0.3 is 0 Å². The molecule has 1 atom stereocenters. The fraction of sp³-hybridized carbons (Fsp3) is 0.444. The van der Waals surface area contributed by atoms with E-state index >= 15 is 0 Å². The Morgan fingerprint density at radius 1 is 1.25 bits per heavy atom. The molecule has 130 valence electrons. The van der Waals surface area contributed by atoms with Gasteiger partial charge in [0.25, 0.3) is 0 Å². The first-order valence-corrected chi connectivity index (χ1v) is 8.36. The Labute approximate surface area is 142 Å². The number of aromatic nitrogens is 1. The van der Waals surface area contributed by atoms with Gasteiger partial charge in [-0.1, -0.05) is 0 Å². The summed E-state index contributed by atoms with van der Waals surface area (Å²) in [5, 5.41) is 3.84. The molecule has 24 heavy (non-hydrogen) atoms. The van der Waals surface area contributed by atoms with E-state index in [1.165, 1.54) is 0 Å². The second-order valence-corrected chi connectivity index (χ2v) is 6.01. The van der Waals surface area contributed by atoms with E-state index < -0.39 is 0 Å². The van der Waals surface area contributed by atoms with E-state index in [0.717, 1.165) is 16.6 Å². The molecule has 0 aliphatic heterocycles. The molecule has 0 aliphatic carbocycles. The fourth-order valence-electron chi connectivity index (χ4n) is 2.74. The number of nitrogens with one attached hydrogen (secondary N) is 1. The van der Waals surface area contributed by atoms with Gasteiger partial charge in [0, 0.05) is 48.3 Å². The first-order valence-electron chi connectivity index (χ1n) is 8.36. The minimum absolute atomic E-state index is 0.0968. The van der Waals surface area contributed by atoms with E-state index in [4.69, 9.17) is 5.73 Å². The molecular formula is C18H26N4O2. The normalized spacial score (nSPS) is 12.2. The van der Waals surface area contributed by atoms with E-state index in [1.54, 1.807) is 6.92 Å². The van der Waals surface area contributed by atoms with Crippen molar-refractivity contribution in [2.24, 2.45) is 5.73 Å². The van der Waals surface area contributed by atoms with Gasteiger partial charge < -0.3 is 20.5 Å². The summed E-state index contributed by atoms with van der Waals surface area (Å²) < 4.78 is 1.93. The van der Waals surface area contributed by atoms with Crippen LogP contribution in [0.1, 0.15) is 27.2 Å². The lowest BCUT2D eigenvalue weighted by molar-refractivity contribution is -0.131. The van der Waals surface area contributed by atoms with Gasteiger partial charge in [0.05, 0.1) is 0 Å². The number of hydrogen-bond donors (Lipinski definition) is 2. The molecule has 0 saturated carbocycles. The largest absolute Gasteiger partial charge is 0.342 e. The molecule has 0 radical (unpaired) electrons. The first-order chi connectivity index (χ1) is 11.4. The van der Waals surface area contributed by atoms with Crippen LogP contribution in [0.4, 0.5) is 5.69 Å². The highest BCUT2D eigenvalue weighted by atomic mass is 16.2. The van der Waals surface area contributed by atoms with Crippen LogP contribution in [0.3, 0.4) is 0 Å². The molecule has 0 bridgehead atoms. The first kappa shape index (κ1) is 18.0. The van der Waals surface area contributed by atoms with Gasteiger partial charge in [-0.05, 0) is 45.0 Å². The lowest BCUT2D eigenvalue weighted by atomic mass is 10.2. The maximum Gasteiger partial charge on any atom is 0.242 e. The summed E-state index contributed by atoms with van der Waals surface area (Å²) in [6.07, 6.45) is 2.19. The van der Waals surface area contributed by atoms with E-state index in [2.05, 4.69) is 5.32 Å². The molecule has 2 rings (SSSR count). The second kappa shape index (κ2) is 7.97. The zero-order valence-corrected chi connectivity index (χ0v) is 14.6. The Morgan fingerprint density at radius 2 is 1.96 bits per heavy atom. The van der Waals surface area contributed by atoms with Crippen molar-refractivity contribution in [3.63, 3.8) is 0 Å². The highest BCUT2D eigenvalue weighted by molar-refractivity contribution is 5.94. The van der Waals surface area contributed by atoms with Gasteiger partial charge in [-0.3, -0.25) is 9.59 Å². The number of hydrogen-bond acceptors (Lipinski definition) is 3. The second-order valence-electron chi connectivity index (χ2n) is 6.01. The summed E-state index contributed by atoms with van der Waals surface area (Å²) in [7, 11) is 0. The quantitative estimate of drug-likeness (QED) is 0.816. The number of carbonyl (C=O) groups is 2. The van der Waals surface area contributed by atoms with Gasteiger partial charge in [-0.15, -0.1) is 0 Å². The average Bonchev–Trinajstić information content (AvgIpc) is 2.90. The highest BCUT2D eigenvalue weighted by Gasteiger charge is 2.12. The Kier molecular flexibility index (Phi) is 5.98. The fourth-order valence-corrected chi connectivity index (χ4v) is 2.74. The topological polar surface area (TPSA) is 80.4 Å². The number of anilines is 1. The summed E-state index contributed by atoms with van der Waals surface area (Å²) in [5.74, 6) is 0.00677. The van der Waals surface area contributed by atoms with E-state index in [0.29, 0.717) is 19.6 Å². The monoisotopic (exact) mass is 330 g/mol. The minimum Gasteiger partial charge on any atom is -0.342 e. The van der Waals surface area contributed by atoms with E-state index in [1.807, 2.05) is 53.8 Å². The smallest absolute Gasteiger partial charge is 0.242 e. The van der Waals surface area contributed by atoms with Crippen LogP contribution in [0, 0.1) is 0 Å². The molecule has 0 saturated heterocycles. The van der Waals surface area contributed by atoms with Gasteiger partial charge in [-0.2, -0.15) is 0 Å². The molecule has 1 aromatic carbocycles. The molecule has 0 fully saturated rings. The minimum atomic E-state index is -0.166. The van der Waals surface area contributed by atoms with Crippen molar-refractivity contribution in [2.75, 3.05) is 18.4 Å². The third kappa shape index (κ3) is 4.35. The maximum absolute atomic E-state index is 12.3. The number of carbonyl (C=O) groups excluding carboxylic acids is 2. The zero-order chi connectivity index (χ0) is 17.7. The Morgan fingerprint density at radius 3 is 2.58 bits per heavy atom. The molecule has 6 heteroatoms. The Balaban J connectivity index is 2.13. The van der Waals surface area contributed by atoms with Crippen molar-refractivity contribution in [2.45, 2.75) is 39.8 Å². The van der Waals surface area contributed by atoms with Crippen molar-refractivity contribution < 1.29 is 9.59 Å². The van der Waals surface area contributed by atoms with Crippen molar-refractivity contribution in [1.29, 1.82) is 0 Å². The summed E-state index contributed by atoms with van der Waals surface area (Å²) in [5.41, 5.74) is 7.34. The molecule has 2 aromatic rings. The third-order valence-electron chi connectivity index (χ3n) is 3.98. The van der Waals surface area contributed by atoms with Crippen LogP contribution in [-0.2, 0) is 16.1 Å². The molecule has 3 N–H and O–H groups in total. The van der Waals surface area contributed by atoms with Crippen LogP contribution in [0.5, 0.6) is 0 Å². The lowest BCUT2D eigenvalue weighted by Crippen LogP contribution is -2.33. The molecule has 1 unspecified atom stereocenters. The zero-order valence-electron chi connectivity index (χ0n) is 14.6. The SMILES string of the molecule is CCN(CC)C(=O)Cn1ccc2cc(NC(=O)CC(C)N)ccc21. The van der Waals surface area contributed by atoms with Crippen molar-refractivity contribution in [3.8, 4) is 0 Å². The summed E-state index contributed by atoms with van der Waals surface area (Å²) in [6.45, 7) is 7.50. The average molecular weight is 330 g/mol. The highest BCUT2D eigenvalue weighted by Crippen LogP contribution is 2.21. The van der Waals surface area contributed by atoms with E-state index in [-0.39, 0.29) is 24.3 Å². The predicted molar refractivity (Wildman–Crippen MR) is 96.8 cm³/mol. The summed E-state index contributed by atoms with van der Waals surface area (Å²) in [4.78, 5) is 25.9.